The molecule has 3 N–H and O–H groups in total. The minimum atomic E-state index is 0.593. The monoisotopic (exact) mass is 313 g/mol. The van der Waals surface area contributed by atoms with Crippen molar-refractivity contribution in [3.8, 4) is 0 Å². The minimum absolute atomic E-state index is 0.593. The molecule has 124 valence electrons. The van der Waals surface area contributed by atoms with Gasteiger partial charge in [0.05, 0.1) is 12.2 Å². The predicted octanol–water partition coefficient (Wildman–Crippen LogP) is 2.83. The van der Waals surface area contributed by atoms with Crippen LogP contribution in [0.4, 0.5) is 0 Å². The molecule has 0 spiro atoms. The van der Waals surface area contributed by atoms with E-state index in [0.29, 0.717) is 12.5 Å². The first kappa shape index (κ1) is 17.1. The van der Waals surface area contributed by atoms with E-state index in [2.05, 4.69) is 63.9 Å². The van der Waals surface area contributed by atoms with Gasteiger partial charge in [-0.3, -0.25) is 10.1 Å². The summed E-state index contributed by atoms with van der Waals surface area (Å²) in [6.07, 6.45) is 3.90. The molecular weight excluding hydrogens is 286 g/mol. The fourth-order valence-electron chi connectivity index (χ4n) is 2.35. The highest BCUT2D eigenvalue weighted by Crippen LogP contribution is 2.15. The Balaban J connectivity index is 1.67. The van der Waals surface area contributed by atoms with E-state index in [1.165, 1.54) is 11.1 Å². The van der Waals surface area contributed by atoms with Crippen molar-refractivity contribution < 1.29 is 0 Å². The summed E-state index contributed by atoms with van der Waals surface area (Å²) in [5.74, 6) is 1.41. The highest BCUT2D eigenvalue weighted by Gasteiger charge is 2.01. The van der Waals surface area contributed by atoms with Gasteiger partial charge in [0.1, 0.15) is 0 Å². The lowest BCUT2D eigenvalue weighted by molar-refractivity contribution is 0.736. The van der Waals surface area contributed by atoms with Crippen LogP contribution in [-0.4, -0.2) is 29.7 Å². The summed E-state index contributed by atoms with van der Waals surface area (Å²) in [5, 5.41) is 13.4. The number of nitrogens with one attached hydrogen (secondary N) is 3. The Morgan fingerprint density at radius 1 is 1.17 bits per heavy atom. The van der Waals surface area contributed by atoms with Gasteiger partial charge in [0.15, 0.2) is 5.96 Å². The summed E-state index contributed by atoms with van der Waals surface area (Å²) < 4.78 is 0. The molecule has 0 aliphatic heterocycles. The number of rotatable bonds is 7. The number of hydrogen-bond acceptors (Lipinski definition) is 2. The molecule has 0 atom stereocenters. The number of benzene rings is 1. The third-order valence-electron chi connectivity index (χ3n) is 3.81. The van der Waals surface area contributed by atoms with Crippen molar-refractivity contribution in [2.75, 3.05) is 13.6 Å². The molecule has 0 amide bonds. The second-order valence-electron chi connectivity index (χ2n) is 5.93. The number of H-pyrrole nitrogens is 1. The van der Waals surface area contributed by atoms with E-state index < -0.39 is 0 Å². The molecule has 2 aromatic rings. The van der Waals surface area contributed by atoms with E-state index in [-0.39, 0.29) is 0 Å². The van der Waals surface area contributed by atoms with Crippen LogP contribution in [0.5, 0.6) is 0 Å². The zero-order valence-corrected chi connectivity index (χ0v) is 14.3. The van der Waals surface area contributed by atoms with E-state index in [4.69, 9.17) is 0 Å². The van der Waals surface area contributed by atoms with Gasteiger partial charge in [-0.2, -0.15) is 5.10 Å². The number of guanidine groups is 1. The van der Waals surface area contributed by atoms with E-state index in [1.807, 2.05) is 6.07 Å². The normalized spacial score (nSPS) is 11.7. The van der Waals surface area contributed by atoms with E-state index in [0.717, 1.165) is 31.0 Å². The molecule has 2 rings (SSSR count). The topological polar surface area (TPSA) is 65.1 Å². The number of hydrogen-bond donors (Lipinski definition) is 3. The van der Waals surface area contributed by atoms with E-state index in [9.17, 15) is 0 Å². The van der Waals surface area contributed by atoms with Gasteiger partial charge < -0.3 is 10.6 Å². The Labute approximate surface area is 138 Å². The second-order valence-corrected chi connectivity index (χ2v) is 5.93. The van der Waals surface area contributed by atoms with Gasteiger partial charge in [0.2, 0.25) is 0 Å². The molecule has 0 radical (unpaired) electrons. The predicted molar refractivity (Wildman–Crippen MR) is 95.6 cm³/mol. The van der Waals surface area contributed by atoms with Gasteiger partial charge in [0.25, 0.3) is 0 Å². The van der Waals surface area contributed by atoms with Gasteiger partial charge in [-0.25, -0.2) is 0 Å². The summed E-state index contributed by atoms with van der Waals surface area (Å²) in [7, 11) is 1.78. The van der Waals surface area contributed by atoms with Gasteiger partial charge >= 0.3 is 0 Å². The van der Waals surface area contributed by atoms with Crippen molar-refractivity contribution in [2.45, 2.75) is 39.2 Å². The van der Waals surface area contributed by atoms with Crippen LogP contribution in [-0.2, 0) is 13.0 Å². The van der Waals surface area contributed by atoms with Gasteiger partial charge in [-0.1, -0.05) is 38.1 Å². The Kier molecular flexibility index (Phi) is 6.66. The maximum atomic E-state index is 4.22. The van der Waals surface area contributed by atoms with Crippen molar-refractivity contribution >= 4 is 5.96 Å². The summed E-state index contributed by atoms with van der Waals surface area (Å²) >= 11 is 0. The molecule has 0 unspecified atom stereocenters. The van der Waals surface area contributed by atoms with E-state index in [1.54, 1.807) is 13.2 Å². The lowest BCUT2D eigenvalue weighted by atomic mass is 10.0. The molecule has 0 aliphatic rings. The lowest BCUT2D eigenvalue weighted by Crippen LogP contribution is -2.37. The number of nitrogens with zero attached hydrogens (tertiary/aromatic N) is 2. The standard InChI is InChI=1S/C18H27N5/c1-14(2)16-8-6-15(7-9-16)5-4-11-20-18(19-3)21-13-17-10-12-22-23-17/h6-10,12,14H,4-5,11,13H2,1-3H3,(H,22,23)(H2,19,20,21). The van der Waals surface area contributed by atoms with Crippen molar-refractivity contribution in [3.05, 3.63) is 53.3 Å². The van der Waals surface area contributed by atoms with Crippen LogP contribution in [0.2, 0.25) is 0 Å². The van der Waals surface area contributed by atoms with Crippen LogP contribution in [0.15, 0.2) is 41.5 Å². The first-order chi connectivity index (χ1) is 11.2. The minimum Gasteiger partial charge on any atom is -0.356 e. The van der Waals surface area contributed by atoms with Crippen LogP contribution < -0.4 is 10.6 Å². The summed E-state index contributed by atoms with van der Waals surface area (Å²) in [6.45, 7) is 6.03. The molecule has 5 heteroatoms. The van der Waals surface area contributed by atoms with Crippen LogP contribution in [0, 0.1) is 0 Å². The molecular formula is C18H27N5. The molecule has 0 saturated heterocycles. The lowest BCUT2D eigenvalue weighted by Gasteiger charge is -2.11. The van der Waals surface area contributed by atoms with Gasteiger partial charge in [-0.05, 0) is 36.0 Å². The smallest absolute Gasteiger partial charge is 0.191 e. The Morgan fingerprint density at radius 2 is 1.96 bits per heavy atom. The van der Waals surface area contributed by atoms with Crippen LogP contribution >= 0.6 is 0 Å². The molecule has 0 saturated carbocycles. The third kappa shape index (κ3) is 5.77. The second kappa shape index (κ2) is 8.98. The van der Waals surface area contributed by atoms with Gasteiger partial charge in [-0.15, -0.1) is 0 Å². The van der Waals surface area contributed by atoms with E-state index >= 15 is 0 Å². The van der Waals surface area contributed by atoms with Crippen molar-refractivity contribution in [1.29, 1.82) is 0 Å². The summed E-state index contributed by atoms with van der Waals surface area (Å²) in [5.41, 5.74) is 3.82. The first-order valence-corrected chi connectivity index (χ1v) is 8.20. The fourth-order valence-corrected chi connectivity index (χ4v) is 2.35. The zero-order valence-electron chi connectivity index (χ0n) is 14.3. The average molecular weight is 313 g/mol. The number of aryl methyl sites for hydroxylation is 1. The van der Waals surface area contributed by atoms with Crippen molar-refractivity contribution in [3.63, 3.8) is 0 Å². The Bertz CT molecular complexity index is 584. The fraction of sp³-hybridized carbons (Fsp3) is 0.444. The molecule has 1 aromatic carbocycles. The van der Waals surface area contributed by atoms with Crippen LogP contribution in [0.3, 0.4) is 0 Å². The highest BCUT2D eigenvalue weighted by atomic mass is 15.2. The maximum absolute atomic E-state index is 4.22. The molecule has 0 bridgehead atoms. The summed E-state index contributed by atoms with van der Waals surface area (Å²) in [4.78, 5) is 4.22. The third-order valence-corrected chi connectivity index (χ3v) is 3.81. The molecule has 5 nitrogen and oxygen atoms in total. The highest BCUT2D eigenvalue weighted by molar-refractivity contribution is 5.79. The van der Waals surface area contributed by atoms with Crippen molar-refractivity contribution in [2.24, 2.45) is 4.99 Å². The quantitative estimate of drug-likeness (QED) is 0.418. The molecule has 1 heterocycles. The largest absolute Gasteiger partial charge is 0.356 e. The number of aromatic nitrogens is 2. The molecule has 0 fully saturated rings. The van der Waals surface area contributed by atoms with Crippen LogP contribution in [0.25, 0.3) is 0 Å². The summed E-state index contributed by atoms with van der Waals surface area (Å²) in [6, 6.07) is 10.9. The molecule has 23 heavy (non-hydrogen) atoms. The molecule has 0 aliphatic carbocycles. The van der Waals surface area contributed by atoms with Crippen LogP contribution in [0.1, 0.15) is 43.0 Å². The van der Waals surface area contributed by atoms with Gasteiger partial charge in [0, 0.05) is 19.8 Å². The average Bonchev–Trinajstić information content (AvgIpc) is 3.08. The van der Waals surface area contributed by atoms with Crippen molar-refractivity contribution in [1.82, 2.24) is 20.8 Å². The Morgan fingerprint density at radius 3 is 2.57 bits per heavy atom. The molecule has 1 aromatic heterocycles. The first-order valence-electron chi connectivity index (χ1n) is 8.20. The Hall–Kier alpha value is -2.30. The zero-order chi connectivity index (χ0) is 16.5. The number of aliphatic imine (C=N–C) groups is 1. The number of aromatic amines is 1. The maximum Gasteiger partial charge on any atom is 0.191 e. The SMILES string of the molecule is CN=C(NCCCc1ccc(C(C)C)cc1)NCc1ccn[nH]1.